The highest BCUT2D eigenvalue weighted by Gasteiger charge is 2.39. The van der Waals surface area contributed by atoms with Crippen LogP contribution >= 0.6 is 11.6 Å². The molecule has 5 heteroatoms. The van der Waals surface area contributed by atoms with E-state index in [0.29, 0.717) is 10.7 Å². The molecule has 0 saturated heterocycles. The number of rotatable bonds is 3. The van der Waals surface area contributed by atoms with Gasteiger partial charge in [0.15, 0.2) is 0 Å². The maximum Gasteiger partial charge on any atom is 0.412 e. The summed E-state index contributed by atoms with van der Waals surface area (Å²) in [7, 11) is 0. The summed E-state index contributed by atoms with van der Waals surface area (Å²) in [4.78, 5) is 11.7. The topological polar surface area (TPSA) is 58.6 Å². The monoisotopic (exact) mass is 311 g/mol. The fraction of sp³-hybridized carbons (Fsp3) is 0.562. The molecule has 2 rings (SSSR count). The Bertz CT molecular complexity index is 527. The van der Waals surface area contributed by atoms with Crippen molar-refractivity contribution in [3.63, 3.8) is 0 Å². The van der Waals surface area contributed by atoms with E-state index >= 15 is 0 Å². The number of halogens is 1. The van der Waals surface area contributed by atoms with Crippen LogP contribution in [-0.4, -0.2) is 23.4 Å². The third-order valence-electron chi connectivity index (χ3n) is 3.80. The molecular formula is C16H22ClNO3. The molecule has 0 aromatic heterocycles. The van der Waals surface area contributed by atoms with Crippen LogP contribution in [0.2, 0.25) is 5.02 Å². The largest absolute Gasteiger partial charge is 0.444 e. The molecule has 1 aliphatic carbocycles. The van der Waals surface area contributed by atoms with Crippen LogP contribution in [0.5, 0.6) is 0 Å². The van der Waals surface area contributed by atoms with Gasteiger partial charge in [-0.15, -0.1) is 0 Å². The van der Waals surface area contributed by atoms with Crippen molar-refractivity contribution in [1.29, 1.82) is 0 Å². The Morgan fingerprint density at radius 3 is 2.52 bits per heavy atom. The molecule has 0 radical (unpaired) electrons. The molecule has 1 fully saturated rings. The van der Waals surface area contributed by atoms with E-state index in [4.69, 9.17) is 16.3 Å². The Morgan fingerprint density at radius 1 is 1.43 bits per heavy atom. The molecule has 1 amide bonds. The van der Waals surface area contributed by atoms with Crippen LogP contribution in [0.1, 0.15) is 45.6 Å². The van der Waals surface area contributed by atoms with E-state index in [9.17, 15) is 9.90 Å². The van der Waals surface area contributed by atoms with Gasteiger partial charge in [-0.3, -0.25) is 5.32 Å². The summed E-state index contributed by atoms with van der Waals surface area (Å²) in [6.45, 7) is 5.53. The van der Waals surface area contributed by atoms with E-state index in [-0.39, 0.29) is 12.0 Å². The highest BCUT2D eigenvalue weighted by atomic mass is 35.5. The molecule has 1 aromatic carbocycles. The van der Waals surface area contributed by atoms with E-state index in [2.05, 4.69) is 5.32 Å². The number of ether oxygens (including phenoxy) is 1. The van der Waals surface area contributed by atoms with Crippen molar-refractivity contribution in [2.75, 3.05) is 11.9 Å². The normalized spacial score (nSPS) is 17.0. The average molecular weight is 312 g/mol. The smallest absolute Gasteiger partial charge is 0.412 e. The van der Waals surface area contributed by atoms with Gasteiger partial charge in [-0.25, -0.2) is 4.79 Å². The maximum atomic E-state index is 11.7. The number of carbonyl (C=O) groups is 1. The Morgan fingerprint density at radius 2 is 2.10 bits per heavy atom. The first kappa shape index (κ1) is 16.1. The molecule has 1 aliphatic rings. The van der Waals surface area contributed by atoms with Gasteiger partial charge in [-0.05, 0) is 51.3 Å². The molecule has 1 saturated carbocycles. The molecule has 116 valence electrons. The van der Waals surface area contributed by atoms with Gasteiger partial charge in [0, 0.05) is 16.1 Å². The first-order valence-electron chi connectivity index (χ1n) is 7.17. The minimum absolute atomic E-state index is 0.103. The molecule has 0 aliphatic heterocycles. The van der Waals surface area contributed by atoms with E-state index < -0.39 is 11.7 Å². The second kappa shape index (κ2) is 5.85. The van der Waals surface area contributed by atoms with Gasteiger partial charge < -0.3 is 9.84 Å². The molecule has 21 heavy (non-hydrogen) atoms. The molecule has 0 atom stereocenters. The number of benzene rings is 1. The molecule has 0 unspecified atom stereocenters. The maximum absolute atomic E-state index is 11.7. The predicted molar refractivity (Wildman–Crippen MR) is 83.9 cm³/mol. The van der Waals surface area contributed by atoms with E-state index in [0.717, 1.165) is 24.8 Å². The first-order chi connectivity index (χ1) is 9.76. The Labute approximate surface area is 130 Å². The van der Waals surface area contributed by atoms with Crippen molar-refractivity contribution in [1.82, 2.24) is 0 Å². The second-order valence-electron chi connectivity index (χ2n) is 6.61. The number of carbonyl (C=O) groups excluding carboxylic acids is 1. The summed E-state index contributed by atoms with van der Waals surface area (Å²) < 4.78 is 5.20. The molecule has 4 nitrogen and oxygen atoms in total. The highest BCUT2D eigenvalue weighted by molar-refractivity contribution is 6.31. The summed E-state index contributed by atoms with van der Waals surface area (Å²) >= 11 is 6.32. The minimum Gasteiger partial charge on any atom is -0.444 e. The Hall–Kier alpha value is -1.26. The lowest BCUT2D eigenvalue weighted by Gasteiger charge is -2.41. The fourth-order valence-corrected chi connectivity index (χ4v) is 2.94. The number of hydrogen-bond acceptors (Lipinski definition) is 3. The number of aliphatic hydroxyl groups excluding tert-OH is 1. The van der Waals surface area contributed by atoms with Crippen molar-refractivity contribution >= 4 is 23.4 Å². The zero-order valence-corrected chi connectivity index (χ0v) is 13.5. The van der Waals surface area contributed by atoms with Crippen molar-refractivity contribution in [3.05, 3.63) is 28.8 Å². The average Bonchev–Trinajstić information content (AvgIpc) is 2.28. The zero-order valence-electron chi connectivity index (χ0n) is 12.7. The summed E-state index contributed by atoms with van der Waals surface area (Å²) in [5.74, 6) is 0. The molecule has 2 N–H and O–H groups in total. The highest BCUT2D eigenvalue weighted by Crippen LogP contribution is 2.46. The van der Waals surface area contributed by atoms with Gasteiger partial charge in [-0.2, -0.15) is 0 Å². The summed E-state index contributed by atoms with van der Waals surface area (Å²) in [5.41, 5.74) is 0.792. The lowest BCUT2D eigenvalue weighted by atomic mass is 9.65. The summed E-state index contributed by atoms with van der Waals surface area (Å²) in [6, 6.07) is 5.38. The third kappa shape index (κ3) is 3.69. The molecule has 0 spiro atoms. The number of amides is 1. The van der Waals surface area contributed by atoms with Crippen LogP contribution in [0, 0.1) is 0 Å². The first-order valence-corrected chi connectivity index (χ1v) is 7.54. The summed E-state index contributed by atoms with van der Waals surface area (Å²) in [6.07, 6.45) is 2.49. The van der Waals surface area contributed by atoms with Gasteiger partial charge in [-0.1, -0.05) is 24.1 Å². The van der Waals surface area contributed by atoms with Crippen LogP contribution < -0.4 is 5.32 Å². The van der Waals surface area contributed by atoms with Crippen LogP contribution in [0.15, 0.2) is 18.2 Å². The SMILES string of the molecule is CC(C)(C)OC(=O)Nc1ccc(C2(CO)CCC2)c(Cl)c1. The Kier molecular flexibility index (Phi) is 4.49. The van der Waals surface area contributed by atoms with Gasteiger partial charge in [0.05, 0.1) is 6.61 Å². The number of hydrogen-bond donors (Lipinski definition) is 2. The van der Waals surface area contributed by atoms with Crippen molar-refractivity contribution < 1.29 is 14.6 Å². The summed E-state index contributed by atoms with van der Waals surface area (Å²) in [5, 5.41) is 12.8. The molecule has 0 bridgehead atoms. The lowest BCUT2D eigenvalue weighted by Crippen LogP contribution is -2.38. The van der Waals surface area contributed by atoms with Gasteiger partial charge in [0.1, 0.15) is 5.60 Å². The minimum atomic E-state index is -0.541. The number of anilines is 1. The van der Waals surface area contributed by atoms with Crippen molar-refractivity contribution in [2.45, 2.75) is 51.0 Å². The molecule has 1 aromatic rings. The van der Waals surface area contributed by atoms with E-state index in [1.54, 1.807) is 12.1 Å². The van der Waals surface area contributed by atoms with Crippen LogP contribution in [0.4, 0.5) is 10.5 Å². The number of aliphatic hydroxyl groups is 1. The van der Waals surface area contributed by atoms with Crippen molar-refractivity contribution in [2.24, 2.45) is 0 Å². The van der Waals surface area contributed by atoms with Crippen LogP contribution in [0.25, 0.3) is 0 Å². The molecular weight excluding hydrogens is 290 g/mol. The zero-order chi connectivity index (χ0) is 15.7. The van der Waals surface area contributed by atoms with Gasteiger partial charge in [0.25, 0.3) is 0 Å². The Balaban J connectivity index is 2.11. The third-order valence-corrected chi connectivity index (χ3v) is 4.11. The molecule has 0 heterocycles. The van der Waals surface area contributed by atoms with Gasteiger partial charge >= 0.3 is 6.09 Å². The lowest BCUT2D eigenvalue weighted by molar-refractivity contribution is 0.0636. The predicted octanol–water partition coefficient (Wildman–Crippen LogP) is 4.10. The number of nitrogens with one attached hydrogen (secondary N) is 1. The van der Waals surface area contributed by atoms with Crippen molar-refractivity contribution in [3.8, 4) is 0 Å². The fourth-order valence-electron chi connectivity index (χ4n) is 2.56. The standard InChI is InChI=1S/C16H22ClNO3/c1-15(2,3)21-14(20)18-11-5-6-12(13(17)9-11)16(10-19)7-4-8-16/h5-6,9,19H,4,7-8,10H2,1-3H3,(H,18,20). The van der Waals surface area contributed by atoms with E-state index in [1.807, 2.05) is 26.8 Å². The quantitative estimate of drug-likeness (QED) is 0.883. The van der Waals surface area contributed by atoms with Crippen LogP contribution in [0.3, 0.4) is 0 Å². The second-order valence-corrected chi connectivity index (χ2v) is 7.02. The van der Waals surface area contributed by atoms with E-state index in [1.165, 1.54) is 0 Å². The van der Waals surface area contributed by atoms with Crippen LogP contribution in [-0.2, 0) is 10.2 Å². The van der Waals surface area contributed by atoms with Gasteiger partial charge in [0.2, 0.25) is 0 Å².